The van der Waals surface area contributed by atoms with Gasteiger partial charge in [0.2, 0.25) is 0 Å². The highest BCUT2D eigenvalue weighted by Crippen LogP contribution is 1.96. The summed E-state index contributed by atoms with van der Waals surface area (Å²) in [6.45, 7) is 0. The predicted molar refractivity (Wildman–Crippen MR) is 57.0 cm³/mol. The molecule has 0 fully saturated rings. The van der Waals surface area contributed by atoms with Gasteiger partial charge in [0.25, 0.3) is 0 Å². The first-order chi connectivity index (χ1) is 5.72. The first-order valence-corrected chi connectivity index (χ1v) is 9.39. The Morgan fingerprint density at radius 1 is 1.25 bits per heavy atom. The Morgan fingerprint density at radius 3 is 1.92 bits per heavy atom. The summed E-state index contributed by atoms with van der Waals surface area (Å²) in [6, 6.07) is 8.30. The van der Waals surface area contributed by atoms with Crippen LogP contribution in [0.2, 0.25) is 0 Å². The van der Waals surface area contributed by atoms with Gasteiger partial charge in [-0.15, -0.1) is 0 Å². The summed E-state index contributed by atoms with van der Waals surface area (Å²) in [5.74, 6) is -0.879. The standard InChI is InChI=1S/C7H6O2.Al.2BrH/c8-7(9)6-4-2-1-3-5-6;;;/h1-5H,(H,8,9);;2*1H/q;+2;;/p-2. The molecule has 0 spiro atoms. The van der Waals surface area contributed by atoms with Gasteiger partial charge in [-0.3, -0.25) is 0 Å². The SMILES string of the molecule is O=C(O)c1ccccc1.[Br][Al][Br]. The summed E-state index contributed by atoms with van der Waals surface area (Å²) in [6.07, 6.45) is 0. The maximum Gasteiger partial charge on any atom is 0.424 e. The minimum Gasteiger partial charge on any atom is -0.478 e. The lowest BCUT2D eigenvalue weighted by atomic mass is 10.2. The number of carboxylic acids is 1. The Bertz CT molecular complexity index is 228. The fourth-order valence-corrected chi connectivity index (χ4v) is 0.581. The highest BCUT2D eigenvalue weighted by Gasteiger charge is 1.96. The van der Waals surface area contributed by atoms with Crippen molar-refractivity contribution < 1.29 is 9.90 Å². The number of benzene rings is 1. The lowest BCUT2D eigenvalue weighted by Crippen LogP contribution is -1.93. The molecule has 0 saturated heterocycles. The Labute approximate surface area is 91.0 Å². The quantitative estimate of drug-likeness (QED) is 0.810. The van der Waals surface area contributed by atoms with Crippen LogP contribution in [0.5, 0.6) is 0 Å². The van der Waals surface area contributed by atoms with Gasteiger partial charge in [0.05, 0.1) is 5.56 Å². The minimum absolute atomic E-state index is 0.331. The molecule has 0 aliphatic rings. The topological polar surface area (TPSA) is 37.3 Å². The van der Waals surface area contributed by atoms with Crippen LogP contribution < -0.4 is 0 Å². The zero-order chi connectivity index (χ0) is 9.40. The molecule has 1 rings (SSSR count). The van der Waals surface area contributed by atoms with Gasteiger partial charge in [-0.25, -0.2) is 32.9 Å². The molecule has 0 aromatic heterocycles. The van der Waals surface area contributed by atoms with Gasteiger partial charge < -0.3 is 5.11 Å². The van der Waals surface area contributed by atoms with Crippen molar-refractivity contribution in [1.29, 1.82) is 0 Å². The molecule has 63 valence electrons. The number of halogens is 2. The second-order valence-corrected chi connectivity index (χ2v) is 8.35. The molecule has 0 bridgehead atoms. The number of rotatable bonds is 1. The second kappa shape index (κ2) is 7.81. The predicted octanol–water partition coefficient (Wildman–Crippen LogP) is 2.70. The lowest BCUT2D eigenvalue weighted by molar-refractivity contribution is 0.0697. The van der Waals surface area contributed by atoms with E-state index in [4.69, 9.17) is 5.11 Å². The van der Waals surface area contributed by atoms with Gasteiger partial charge in [-0.1, -0.05) is 18.2 Å². The molecule has 0 aliphatic carbocycles. The number of hydrogen-bond acceptors (Lipinski definition) is 1. The molecule has 0 saturated carbocycles. The molecule has 1 aromatic rings. The first-order valence-electron chi connectivity index (χ1n) is 3.02. The highest BCUT2D eigenvalue weighted by atomic mass is 79.9. The van der Waals surface area contributed by atoms with E-state index >= 15 is 0 Å². The zero-order valence-electron chi connectivity index (χ0n) is 6.08. The third-order valence-electron chi connectivity index (χ3n) is 1.02. The zero-order valence-corrected chi connectivity index (χ0v) is 10.4. The molecule has 2 nitrogen and oxygen atoms in total. The molecule has 0 heterocycles. The van der Waals surface area contributed by atoms with Crippen molar-refractivity contribution >= 4 is 45.6 Å². The highest BCUT2D eigenvalue weighted by molar-refractivity contribution is 9.47. The van der Waals surface area contributed by atoms with Crippen molar-refractivity contribution in [3.05, 3.63) is 35.9 Å². The van der Waals surface area contributed by atoms with E-state index in [1.54, 1.807) is 30.3 Å². The van der Waals surface area contributed by atoms with Crippen LogP contribution in [-0.2, 0) is 0 Å². The summed E-state index contributed by atoms with van der Waals surface area (Å²) in [5.41, 5.74) is 0.331. The average Bonchev–Trinajstić information content (AvgIpc) is 2.07. The molecule has 1 aromatic carbocycles. The van der Waals surface area contributed by atoms with Crippen LogP contribution >= 0.6 is 28.1 Å². The monoisotopic (exact) mass is 307 g/mol. The molecular formula is C7H6AlBr2O2. The summed E-state index contributed by atoms with van der Waals surface area (Å²) in [7, 11) is 0. The Balaban J connectivity index is 0.000000354. The summed E-state index contributed by atoms with van der Waals surface area (Å²) in [4.78, 5) is 10.2. The van der Waals surface area contributed by atoms with E-state index < -0.39 is 5.97 Å². The lowest BCUT2D eigenvalue weighted by Gasteiger charge is -1.88. The van der Waals surface area contributed by atoms with Crippen molar-refractivity contribution in [3.8, 4) is 0 Å². The molecule has 0 aliphatic heterocycles. The van der Waals surface area contributed by atoms with Crippen molar-refractivity contribution in [2.45, 2.75) is 0 Å². The molecule has 0 unspecified atom stereocenters. The number of carbonyl (C=O) groups is 1. The smallest absolute Gasteiger partial charge is 0.424 e. The van der Waals surface area contributed by atoms with Crippen LogP contribution in [0.15, 0.2) is 30.3 Å². The Kier molecular flexibility index (Phi) is 7.93. The third-order valence-corrected chi connectivity index (χ3v) is 1.02. The van der Waals surface area contributed by atoms with Crippen molar-refractivity contribution in [2.75, 3.05) is 0 Å². The summed E-state index contributed by atoms with van der Waals surface area (Å²) in [5, 5.41) is 8.38. The summed E-state index contributed by atoms with van der Waals surface area (Å²) >= 11 is 6.67. The van der Waals surface area contributed by atoms with Crippen LogP contribution in [0.25, 0.3) is 0 Å². The normalized spacial score (nSPS) is 7.83. The van der Waals surface area contributed by atoms with E-state index in [9.17, 15) is 4.79 Å². The van der Waals surface area contributed by atoms with E-state index in [0.717, 1.165) is 0 Å². The van der Waals surface area contributed by atoms with E-state index in [1.807, 2.05) is 0 Å². The molecule has 0 atom stereocenters. The molecule has 1 radical (unpaired) electrons. The van der Waals surface area contributed by atoms with Crippen LogP contribution in [0.3, 0.4) is 0 Å². The fraction of sp³-hybridized carbons (Fsp3) is 0. The van der Waals surface area contributed by atoms with Gasteiger partial charge in [0, 0.05) is 0 Å². The largest absolute Gasteiger partial charge is 0.478 e. The average molecular weight is 309 g/mol. The molecule has 5 heteroatoms. The van der Waals surface area contributed by atoms with Crippen molar-refractivity contribution in [1.82, 2.24) is 0 Å². The van der Waals surface area contributed by atoms with E-state index in [-0.39, 0.29) is 0 Å². The third kappa shape index (κ3) is 5.78. The van der Waals surface area contributed by atoms with Crippen molar-refractivity contribution in [2.24, 2.45) is 0 Å². The van der Waals surface area contributed by atoms with Gasteiger partial charge in [0.15, 0.2) is 0 Å². The number of aromatic carboxylic acids is 1. The summed E-state index contributed by atoms with van der Waals surface area (Å²) < 4.78 is 0. The second-order valence-electron chi connectivity index (χ2n) is 1.75. The first kappa shape index (κ1) is 12.2. The number of hydrogen-bond donors (Lipinski definition) is 1. The molecule has 0 amide bonds. The fourth-order valence-electron chi connectivity index (χ4n) is 0.581. The molecular weight excluding hydrogens is 303 g/mol. The van der Waals surface area contributed by atoms with Crippen LogP contribution in [0, 0.1) is 0 Å². The maximum atomic E-state index is 10.2. The van der Waals surface area contributed by atoms with Gasteiger partial charge in [-0.2, -0.15) is 0 Å². The van der Waals surface area contributed by atoms with Gasteiger partial charge in [-0.05, 0) is 12.1 Å². The van der Waals surface area contributed by atoms with Crippen molar-refractivity contribution in [3.63, 3.8) is 0 Å². The Morgan fingerprint density at radius 2 is 1.67 bits per heavy atom. The van der Waals surface area contributed by atoms with E-state index in [0.29, 0.717) is 17.1 Å². The Hall–Kier alpha value is 0.182. The van der Waals surface area contributed by atoms with Crippen LogP contribution in [0.1, 0.15) is 10.4 Å². The molecule has 12 heavy (non-hydrogen) atoms. The minimum atomic E-state index is -0.879. The van der Waals surface area contributed by atoms with Crippen LogP contribution in [-0.4, -0.2) is 22.6 Å². The van der Waals surface area contributed by atoms with E-state index in [2.05, 4.69) is 28.1 Å². The molecule has 1 N–H and O–H groups in total. The number of carboxylic acid groups (broad SMARTS) is 1. The van der Waals surface area contributed by atoms with E-state index in [1.165, 1.54) is 0 Å². The van der Waals surface area contributed by atoms with Gasteiger partial charge in [0.1, 0.15) is 0 Å². The maximum absolute atomic E-state index is 10.2. The van der Waals surface area contributed by atoms with Crippen LogP contribution in [0.4, 0.5) is 0 Å². The van der Waals surface area contributed by atoms with Gasteiger partial charge >= 0.3 is 17.5 Å².